The lowest BCUT2D eigenvalue weighted by atomic mass is 10.0. The zero-order valence-electron chi connectivity index (χ0n) is 11.3. The van der Waals surface area contributed by atoms with Gasteiger partial charge in [0.1, 0.15) is 5.75 Å². The number of aliphatic hydroxyl groups is 1. The van der Waals surface area contributed by atoms with Gasteiger partial charge in [-0.25, -0.2) is 4.98 Å². The molecule has 0 aliphatic rings. The first-order chi connectivity index (χ1) is 9.65. The molecule has 0 fully saturated rings. The Morgan fingerprint density at radius 2 is 2.05 bits per heavy atom. The van der Waals surface area contributed by atoms with E-state index in [0.29, 0.717) is 17.9 Å². The minimum Gasteiger partial charge on any atom is -0.496 e. The van der Waals surface area contributed by atoms with Crippen molar-refractivity contribution in [3.05, 3.63) is 52.1 Å². The Hall–Kier alpha value is -1.59. The van der Waals surface area contributed by atoms with Gasteiger partial charge in [0.2, 0.25) is 5.88 Å². The number of benzene rings is 1. The van der Waals surface area contributed by atoms with Crippen LogP contribution in [0.1, 0.15) is 17.2 Å². The van der Waals surface area contributed by atoms with E-state index in [2.05, 4.69) is 20.9 Å². The number of aromatic nitrogens is 1. The molecule has 1 N–H and O–H groups in total. The summed E-state index contributed by atoms with van der Waals surface area (Å²) in [5.74, 6) is 1.22. The molecular formula is C15H16BrNO3. The second-order valence-corrected chi connectivity index (χ2v) is 5.15. The molecule has 2 aromatic rings. The second kappa shape index (κ2) is 6.72. The molecule has 1 atom stereocenters. The van der Waals surface area contributed by atoms with E-state index < -0.39 is 6.10 Å². The maximum Gasteiger partial charge on any atom is 0.218 e. The number of rotatable bonds is 5. The summed E-state index contributed by atoms with van der Waals surface area (Å²) in [6, 6.07) is 9.33. The number of nitrogens with zero attached hydrogens (tertiary/aromatic N) is 1. The van der Waals surface area contributed by atoms with Crippen molar-refractivity contribution >= 4 is 15.9 Å². The Morgan fingerprint density at radius 1 is 1.25 bits per heavy atom. The van der Waals surface area contributed by atoms with Crippen molar-refractivity contribution in [2.75, 3.05) is 14.2 Å². The fraction of sp³-hybridized carbons (Fsp3) is 0.267. The van der Waals surface area contributed by atoms with Gasteiger partial charge in [-0.1, -0.05) is 6.07 Å². The first-order valence-electron chi connectivity index (χ1n) is 6.15. The molecule has 1 unspecified atom stereocenters. The van der Waals surface area contributed by atoms with Gasteiger partial charge in [0.15, 0.2) is 0 Å². The SMILES string of the molecule is COc1ccc(CC(O)c2cccnc2OC)cc1Br. The molecule has 1 aromatic carbocycles. The lowest BCUT2D eigenvalue weighted by Crippen LogP contribution is -2.05. The summed E-state index contributed by atoms with van der Waals surface area (Å²) >= 11 is 3.44. The van der Waals surface area contributed by atoms with E-state index in [-0.39, 0.29) is 0 Å². The molecule has 20 heavy (non-hydrogen) atoms. The molecule has 0 saturated carbocycles. The molecule has 2 rings (SSSR count). The monoisotopic (exact) mass is 337 g/mol. The highest BCUT2D eigenvalue weighted by Gasteiger charge is 2.15. The van der Waals surface area contributed by atoms with Crippen molar-refractivity contribution in [1.82, 2.24) is 4.98 Å². The van der Waals surface area contributed by atoms with Crippen molar-refractivity contribution in [2.45, 2.75) is 12.5 Å². The van der Waals surface area contributed by atoms with Gasteiger partial charge >= 0.3 is 0 Å². The Labute approximate surface area is 126 Å². The molecule has 0 spiro atoms. The van der Waals surface area contributed by atoms with E-state index in [0.717, 1.165) is 15.8 Å². The van der Waals surface area contributed by atoms with Crippen LogP contribution < -0.4 is 9.47 Å². The number of pyridine rings is 1. The predicted octanol–water partition coefficient (Wildman–Crippen LogP) is 3.14. The van der Waals surface area contributed by atoms with Crippen LogP contribution in [0.2, 0.25) is 0 Å². The molecule has 1 heterocycles. The van der Waals surface area contributed by atoms with E-state index in [1.165, 1.54) is 0 Å². The summed E-state index contributed by atoms with van der Waals surface area (Å²) in [6.07, 6.45) is 1.45. The molecule has 0 radical (unpaired) electrons. The van der Waals surface area contributed by atoms with Crippen LogP contribution in [-0.2, 0) is 6.42 Å². The topological polar surface area (TPSA) is 51.6 Å². The molecule has 0 bridgehead atoms. The molecule has 1 aromatic heterocycles. The first kappa shape index (κ1) is 14.8. The third-order valence-electron chi connectivity index (χ3n) is 3.00. The highest BCUT2D eigenvalue weighted by Crippen LogP contribution is 2.29. The van der Waals surface area contributed by atoms with Gasteiger partial charge in [0.25, 0.3) is 0 Å². The van der Waals surface area contributed by atoms with E-state index in [9.17, 15) is 5.11 Å². The van der Waals surface area contributed by atoms with Crippen LogP contribution in [0.5, 0.6) is 11.6 Å². The smallest absolute Gasteiger partial charge is 0.218 e. The molecule has 0 amide bonds. The third kappa shape index (κ3) is 3.29. The van der Waals surface area contributed by atoms with E-state index in [1.54, 1.807) is 26.5 Å². The zero-order valence-corrected chi connectivity index (χ0v) is 12.9. The zero-order chi connectivity index (χ0) is 14.5. The summed E-state index contributed by atoms with van der Waals surface area (Å²) in [5.41, 5.74) is 1.68. The average molecular weight is 338 g/mol. The fourth-order valence-electron chi connectivity index (χ4n) is 2.00. The Morgan fingerprint density at radius 3 is 2.70 bits per heavy atom. The maximum absolute atomic E-state index is 10.3. The second-order valence-electron chi connectivity index (χ2n) is 4.29. The van der Waals surface area contributed by atoms with Crippen LogP contribution in [0.4, 0.5) is 0 Å². The molecule has 0 aliphatic carbocycles. The lowest BCUT2D eigenvalue weighted by Gasteiger charge is -2.14. The van der Waals surface area contributed by atoms with Crippen molar-refractivity contribution in [1.29, 1.82) is 0 Å². The molecule has 0 aliphatic heterocycles. The standard InChI is InChI=1S/C15H16BrNO3/c1-19-14-6-5-10(8-12(14)16)9-13(18)11-4-3-7-17-15(11)20-2/h3-8,13,18H,9H2,1-2H3. The molecule has 5 heteroatoms. The summed E-state index contributed by atoms with van der Waals surface area (Å²) in [7, 11) is 3.16. The van der Waals surface area contributed by atoms with Crippen LogP contribution >= 0.6 is 15.9 Å². The minimum atomic E-state index is -0.668. The van der Waals surface area contributed by atoms with Gasteiger partial charge in [-0.15, -0.1) is 0 Å². The Bertz CT molecular complexity index is 589. The van der Waals surface area contributed by atoms with Crippen LogP contribution in [0, 0.1) is 0 Å². The minimum absolute atomic E-state index is 0.451. The van der Waals surface area contributed by atoms with Gasteiger partial charge in [-0.05, 0) is 45.8 Å². The van der Waals surface area contributed by atoms with E-state index in [4.69, 9.17) is 9.47 Å². The van der Waals surface area contributed by atoms with Gasteiger partial charge in [0, 0.05) is 18.2 Å². The first-order valence-corrected chi connectivity index (χ1v) is 6.94. The highest BCUT2D eigenvalue weighted by molar-refractivity contribution is 9.10. The Balaban J connectivity index is 2.19. The van der Waals surface area contributed by atoms with Crippen LogP contribution in [0.3, 0.4) is 0 Å². The third-order valence-corrected chi connectivity index (χ3v) is 3.62. The van der Waals surface area contributed by atoms with Gasteiger partial charge < -0.3 is 14.6 Å². The van der Waals surface area contributed by atoms with Gasteiger partial charge in [-0.2, -0.15) is 0 Å². The number of ether oxygens (including phenoxy) is 2. The lowest BCUT2D eigenvalue weighted by molar-refractivity contribution is 0.173. The number of aliphatic hydroxyl groups excluding tert-OH is 1. The summed E-state index contributed by atoms with van der Waals surface area (Å²) in [5, 5.41) is 10.3. The van der Waals surface area contributed by atoms with Crippen molar-refractivity contribution in [3.8, 4) is 11.6 Å². The molecule has 106 valence electrons. The summed E-state index contributed by atoms with van der Waals surface area (Å²) in [6.45, 7) is 0. The quantitative estimate of drug-likeness (QED) is 0.910. The molecular weight excluding hydrogens is 322 g/mol. The van der Waals surface area contributed by atoms with Crippen LogP contribution in [-0.4, -0.2) is 24.3 Å². The van der Waals surface area contributed by atoms with Crippen LogP contribution in [0.15, 0.2) is 41.0 Å². The fourth-order valence-corrected chi connectivity index (χ4v) is 2.59. The van der Waals surface area contributed by atoms with Gasteiger partial charge in [0.05, 0.1) is 24.8 Å². The van der Waals surface area contributed by atoms with Crippen molar-refractivity contribution in [2.24, 2.45) is 0 Å². The molecule has 4 nitrogen and oxygen atoms in total. The summed E-state index contributed by atoms with van der Waals surface area (Å²) in [4.78, 5) is 4.09. The number of methoxy groups -OCH3 is 2. The normalized spacial score (nSPS) is 12.0. The van der Waals surface area contributed by atoms with Crippen LogP contribution in [0.25, 0.3) is 0 Å². The molecule has 0 saturated heterocycles. The largest absolute Gasteiger partial charge is 0.496 e. The summed E-state index contributed by atoms with van der Waals surface area (Å²) < 4.78 is 11.2. The number of hydrogen-bond acceptors (Lipinski definition) is 4. The van der Waals surface area contributed by atoms with E-state index in [1.807, 2.05) is 24.3 Å². The van der Waals surface area contributed by atoms with Crippen molar-refractivity contribution in [3.63, 3.8) is 0 Å². The predicted molar refractivity (Wildman–Crippen MR) is 80.1 cm³/mol. The average Bonchev–Trinajstić information content (AvgIpc) is 2.47. The maximum atomic E-state index is 10.3. The van der Waals surface area contributed by atoms with E-state index >= 15 is 0 Å². The highest BCUT2D eigenvalue weighted by atomic mass is 79.9. The Kier molecular flexibility index (Phi) is 4.98. The number of hydrogen-bond donors (Lipinski definition) is 1. The number of halogens is 1. The van der Waals surface area contributed by atoms with Crippen molar-refractivity contribution < 1.29 is 14.6 Å². The van der Waals surface area contributed by atoms with Gasteiger partial charge in [-0.3, -0.25) is 0 Å².